The van der Waals surface area contributed by atoms with Crippen LogP contribution in [0.2, 0.25) is 0 Å². The van der Waals surface area contributed by atoms with Crippen LogP contribution in [0, 0.1) is 5.92 Å². The van der Waals surface area contributed by atoms with Gasteiger partial charge < -0.3 is 11.1 Å². The lowest BCUT2D eigenvalue weighted by Crippen LogP contribution is -2.43. The molecule has 0 fully saturated rings. The molecule has 17 heavy (non-hydrogen) atoms. The smallest absolute Gasteiger partial charge is 0.251 e. The molecule has 1 unspecified atom stereocenters. The SMILES string of the molecule is CCc1ccccc1C(=O)NC(CN)C(C)C. The lowest BCUT2D eigenvalue weighted by atomic mass is 10.0. The van der Waals surface area contributed by atoms with Crippen LogP contribution in [0.25, 0.3) is 0 Å². The molecule has 0 saturated heterocycles. The van der Waals surface area contributed by atoms with Crippen molar-refractivity contribution in [2.75, 3.05) is 6.54 Å². The van der Waals surface area contributed by atoms with Gasteiger partial charge in [0.1, 0.15) is 0 Å². The Morgan fingerprint density at radius 3 is 2.53 bits per heavy atom. The number of amides is 1. The van der Waals surface area contributed by atoms with Gasteiger partial charge in [-0.25, -0.2) is 0 Å². The minimum Gasteiger partial charge on any atom is -0.348 e. The first-order valence-electron chi connectivity index (χ1n) is 6.19. The Morgan fingerprint density at radius 2 is 2.00 bits per heavy atom. The molecule has 0 aliphatic heterocycles. The van der Waals surface area contributed by atoms with Crippen molar-refractivity contribution in [3.63, 3.8) is 0 Å². The first kappa shape index (κ1) is 13.7. The van der Waals surface area contributed by atoms with Crippen molar-refractivity contribution in [3.05, 3.63) is 35.4 Å². The number of hydrogen-bond donors (Lipinski definition) is 2. The number of nitrogens with one attached hydrogen (secondary N) is 1. The zero-order valence-corrected chi connectivity index (χ0v) is 10.9. The Morgan fingerprint density at radius 1 is 1.35 bits per heavy atom. The lowest BCUT2D eigenvalue weighted by Gasteiger charge is -2.21. The van der Waals surface area contributed by atoms with Crippen LogP contribution in [0.15, 0.2) is 24.3 Å². The summed E-state index contributed by atoms with van der Waals surface area (Å²) in [6.07, 6.45) is 0.860. The third-order valence-corrected chi connectivity index (χ3v) is 3.02. The van der Waals surface area contributed by atoms with Crippen LogP contribution < -0.4 is 11.1 Å². The quantitative estimate of drug-likeness (QED) is 0.818. The molecule has 0 aromatic heterocycles. The predicted molar refractivity (Wildman–Crippen MR) is 71.0 cm³/mol. The Labute approximate surface area is 103 Å². The van der Waals surface area contributed by atoms with E-state index in [2.05, 4.69) is 26.1 Å². The average Bonchev–Trinajstić information content (AvgIpc) is 2.35. The summed E-state index contributed by atoms with van der Waals surface area (Å²) in [6, 6.07) is 7.73. The van der Waals surface area contributed by atoms with Crippen molar-refractivity contribution >= 4 is 5.91 Å². The molecule has 0 radical (unpaired) electrons. The molecule has 0 aliphatic rings. The maximum Gasteiger partial charge on any atom is 0.251 e. The molecule has 0 saturated carbocycles. The van der Waals surface area contributed by atoms with Gasteiger partial charge in [-0.2, -0.15) is 0 Å². The Bertz CT molecular complexity index is 374. The van der Waals surface area contributed by atoms with Crippen molar-refractivity contribution in [1.82, 2.24) is 5.32 Å². The van der Waals surface area contributed by atoms with Gasteiger partial charge in [0.15, 0.2) is 0 Å². The summed E-state index contributed by atoms with van der Waals surface area (Å²) in [5, 5.41) is 2.99. The van der Waals surface area contributed by atoms with Gasteiger partial charge in [0, 0.05) is 18.2 Å². The summed E-state index contributed by atoms with van der Waals surface area (Å²) in [7, 11) is 0. The summed E-state index contributed by atoms with van der Waals surface area (Å²) >= 11 is 0. The molecule has 0 aliphatic carbocycles. The van der Waals surface area contributed by atoms with E-state index < -0.39 is 0 Å². The predicted octanol–water partition coefficient (Wildman–Crippen LogP) is 1.96. The molecule has 3 N–H and O–H groups in total. The van der Waals surface area contributed by atoms with E-state index >= 15 is 0 Å². The van der Waals surface area contributed by atoms with E-state index in [0.717, 1.165) is 17.5 Å². The summed E-state index contributed by atoms with van der Waals surface area (Å²) < 4.78 is 0. The fraction of sp³-hybridized carbons (Fsp3) is 0.500. The van der Waals surface area contributed by atoms with Crippen LogP contribution in [0.1, 0.15) is 36.7 Å². The largest absolute Gasteiger partial charge is 0.348 e. The molecule has 1 amide bonds. The van der Waals surface area contributed by atoms with Gasteiger partial charge in [0.2, 0.25) is 0 Å². The monoisotopic (exact) mass is 234 g/mol. The molecule has 1 atom stereocenters. The summed E-state index contributed by atoms with van der Waals surface area (Å²) in [5.74, 6) is 0.323. The molecule has 3 heteroatoms. The van der Waals surface area contributed by atoms with Gasteiger partial charge in [-0.15, -0.1) is 0 Å². The van der Waals surface area contributed by atoms with E-state index in [1.165, 1.54) is 0 Å². The molecular formula is C14H22N2O. The number of hydrogen-bond acceptors (Lipinski definition) is 2. The third kappa shape index (κ3) is 3.56. The van der Waals surface area contributed by atoms with Crippen LogP contribution >= 0.6 is 0 Å². The topological polar surface area (TPSA) is 55.1 Å². The van der Waals surface area contributed by atoms with Crippen LogP contribution in [0.5, 0.6) is 0 Å². The van der Waals surface area contributed by atoms with Crippen LogP contribution in [-0.4, -0.2) is 18.5 Å². The number of carbonyl (C=O) groups is 1. The fourth-order valence-corrected chi connectivity index (χ4v) is 1.79. The maximum atomic E-state index is 12.1. The van der Waals surface area contributed by atoms with E-state index in [1.54, 1.807) is 0 Å². The number of nitrogens with two attached hydrogens (primary N) is 1. The van der Waals surface area contributed by atoms with Crippen molar-refractivity contribution < 1.29 is 4.79 Å². The van der Waals surface area contributed by atoms with Crippen LogP contribution in [-0.2, 0) is 6.42 Å². The Hall–Kier alpha value is -1.35. The first-order chi connectivity index (χ1) is 8.10. The van der Waals surface area contributed by atoms with Crippen molar-refractivity contribution in [3.8, 4) is 0 Å². The van der Waals surface area contributed by atoms with Gasteiger partial charge in [0.25, 0.3) is 5.91 Å². The summed E-state index contributed by atoms with van der Waals surface area (Å²) in [5.41, 5.74) is 7.49. The highest BCUT2D eigenvalue weighted by Crippen LogP contribution is 2.10. The minimum absolute atomic E-state index is 0.0217. The van der Waals surface area contributed by atoms with Crippen LogP contribution in [0.3, 0.4) is 0 Å². The van der Waals surface area contributed by atoms with Gasteiger partial charge in [-0.05, 0) is 24.0 Å². The molecule has 1 aromatic carbocycles. The highest BCUT2D eigenvalue weighted by Gasteiger charge is 2.16. The van der Waals surface area contributed by atoms with Crippen molar-refractivity contribution in [2.24, 2.45) is 11.7 Å². The average molecular weight is 234 g/mol. The van der Waals surface area contributed by atoms with Gasteiger partial charge in [0.05, 0.1) is 0 Å². The van der Waals surface area contributed by atoms with E-state index in [-0.39, 0.29) is 11.9 Å². The second-order valence-corrected chi connectivity index (χ2v) is 4.57. The Kier molecular flexibility index (Phi) is 5.16. The third-order valence-electron chi connectivity index (χ3n) is 3.02. The van der Waals surface area contributed by atoms with Crippen LogP contribution in [0.4, 0.5) is 0 Å². The van der Waals surface area contributed by atoms with Crippen molar-refractivity contribution in [1.29, 1.82) is 0 Å². The van der Waals surface area contributed by atoms with E-state index in [0.29, 0.717) is 12.5 Å². The van der Waals surface area contributed by atoms with Gasteiger partial charge in [-0.1, -0.05) is 39.0 Å². The number of aryl methyl sites for hydroxylation is 1. The van der Waals surface area contributed by atoms with E-state index in [1.807, 2.05) is 24.3 Å². The second kappa shape index (κ2) is 6.40. The summed E-state index contributed by atoms with van der Waals surface area (Å²) in [6.45, 7) is 6.64. The zero-order valence-electron chi connectivity index (χ0n) is 10.9. The molecule has 0 heterocycles. The first-order valence-corrected chi connectivity index (χ1v) is 6.19. The molecule has 1 rings (SSSR count). The molecule has 94 valence electrons. The lowest BCUT2D eigenvalue weighted by molar-refractivity contribution is 0.0927. The van der Waals surface area contributed by atoms with Gasteiger partial charge in [-0.3, -0.25) is 4.79 Å². The molecule has 0 bridgehead atoms. The number of rotatable bonds is 5. The maximum absolute atomic E-state index is 12.1. The van der Waals surface area contributed by atoms with E-state index in [9.17, 15) is 4.79 Å². The summed E-state index contributed by atoms with van der Waals surface area (Å²) in [4.78, 5) is 12.1. The zero-order chi connectivity index (χ0) is 12.8. The highest BCUT2D eigenvalue weighted by molar-refractivity contribution is 5.95. The fourth-order valence-electron chi connectivity index (χ4n) is 1.79. The molecule has 0 spiro atoms. The van der Waals surface area contributed by atoms with Crippen molar-refractivity contribution in [2.45, 2.75) is 33.2 Å². The normalized spacial score (nSPS) is 12.5. The molecule has 3 nitrogen and oxygen atoms in total. The minimum atomic E-state index is -0.0217. The Balaban J connectivity index is 2.82. The molecule has 1 aromatic rings. The number of benzene rings is 1. The molecular weight excluding hydrogens is 212 g/mol. The van der Waals surface area contributed by atoms with Gasteiger partial charge >= 0.3 is 0 Å². The highest BCUT2D eigenvalue weighted by atomic mass is 16.1. The second-order valence-electron chi connectivity index (χ2n) is 4.57. The van der Waals surface area contributed by atoms with E-state index in [4.69, 9.17) is 5.73 Å². The standard InChI is InChI=1S/C14H22N2O/c1-4-11-7-5-6-8-12(11)14(17)16-13(9-15)10(2)3/h5-8,10,13H,4,9,15H2,1-3H3,(H,16,17). The number of carbonyl (C=O) groups excluding carboxylic acids is 1.